The van der Waals surface area contributed by atoms with Crippen LogP contribution in [-0.4, -0.2) is 28.3 Å². The first-order valence-electron chi connectivity index (χ1n) is 7.41. The molecule has 0 radical (unpaired) electrons. The second-order valence-corrected chi connectivity index (χ2v) is 5.78. The van der Waals surface area contributed by atoms with Crippen molar-refractivity contribution in [2.45, 2.75) is 32.0 Å². The molecule has 1 aromatic heterocycles. The van der Waals surface area contributed by atoms with Gasteiger partial charge in [0.2, 0.25) is 0 Å². The number of carbonyl (C=O) groups is 1. The number of hydrogen-bond acceptors (Lipinski definition) is 3. The molecule has 0 fully saturated rings. The third-order valence-corrected chi connectivity index (χ3v) is 3.67. The third kappa shape index (κ3) is 5.88. The molecule has 2 atom stereocenters. The van der Waals surface area contributed by atoms with E-state index >= 15 is 0 Å². The lowest BCUT2D eigenvalue weighted by Gasteiger charge is -2.20. The van der Waals surface area contributed by atoms with Crippen molar-refractivity contribution < 1.29 is 9.90 Å². The lowest BCUT2D eigenvalue weighted by molar-refractivity contribution is 0.136. The van der Waals surface area contributed by atoms with E-state index in [-0.39, 0.29) is 12.1 Å². The van der Waals surface area contributed by atoms with Crippen molar-refractivity contribution in [3.05, 3.63) is 64.9 Å². The fourth-order valence-electron chi connectivity index (χ4n) is 2.07. The molecule has 0 spiro atoms. The number of aliphatic hydroxyl groups is 1. The third-order valence-electron chi connectivity index (χ3n) is 3.44. The van der Waals surface area contributed by atoms with Gasteiger partial charge in [-0.2, -0.15) is 0 Å². The van der Waals surface area contributed by atoms with Crippen LogP contribution in [0.15, 0.2) is 48.7 Å². The van der Waals surface area contributed by atoms with E-state index in [1.807, 2.05) is 30.3 Å². The van der Waals surface area contributed by atoms with Crippen molar-refractivity contribution in [1.29, 1.82) is 0 Å². The summed E-state index contributed by atoms with van der Waals surface area (Å²) in [5.41, 5.74) is 1.74. The summed E-state index contributed by atoms with van der Waals surface area (Å²) < 4.78 is 0. The standard InChI is InChI=1S/C17H20ClN3O2/c1-12(16(22)9-13-5-3-2-4-6-13)21-17(23)20-11-15-8-7-14(18)10-19-15/h2-8,10,12,16,22H,9,11H2,1H3,(H2,20,21,23). The normalized spacial score (nSPS) is 13.2. The van der Waals surface area contributed by atoms with Gasteiger partial charge < -0.3 is 15.7 Å². The largest absolute Gasteiger partial charge is 0.391 e. The molecule has 0 aliphatic rings. The minimum Gasteiger partial charge on any atom is -0.391 e. The summed E-state index contributed by atoms with van der Waals surface area (Å²) in [5, 5.41) is 16.1. The Morgan fingerprint density at radius 2 is 2.00 bits per heavy atom. The average Bonchev–Trinajstić information content (AvgIpc) is 2.55. The van der Waals surface area contributed by atoms with Crippen LogP contribution in [0, 0.1) is 0 Å². The molecule has 1 aromatic carbocycles. The molecule has 2 aromatic rings. The van der Waals surface area contributed by atoms with Gasteiger partial charge in [-0.1, -0.05) is 41.9 Å². The van der Waals surface area contributed by atoms with Crippen LogP contribution in [-0.2, 0) is 13.0 Å². The molecule has 0 saturated carbocycles. The summed E-state index contributed by atoms with van der Waals surface area (Å²) in [6, 6.07) is 12.4. The topological polar surface area (TPSA) is 74.2 Å². The number of nitrogens with zero attached hydrogens (tertiary/aromatic N) is 1. The molecule has 6 heteroatoms. The van der Waals surface area contributed by atoms with Crippen LogP contribution in [0.4, 0.5) is 4.79 Å². The van der Waals surface area contributed by atoms with Crippen LogP contribution in [0.1, 0.15) is 18.2 Å². The van der Waals surface area contributed by atoms with Gasteiger partial charge in [0.25, 0.3) is 0 Å². The number of halogens is 1. The van der Waals surface area contributed by atoms with Crippen molar-refractivity contribution in [3.63, 3.8) is 0 Å². The number of aliphatic hydroxyl groups excluding tert-OH is 1. The van der Waals surface area contributed by atoms with Gasteiger partial charge in [0.1, 0.15) is 0 Å². The lowest BCUT2D eigenvalue weighted by atomic mass is 10.0. The molecule has 0 saturated heterocycles. The molecule has 2 unspecified atom stereocenters. The van der Waals surface area contributed by atoms with Crippen molar-refractivity contribution in [3.8, 4) is 0 Å². The summed E-state index contributed by atoms with van der Waals surface area (Å²) in [4.78, 5) is 16.0. The Labute approximate surface area is 140 Å². The van der Waals surface area contributed by atoms with Crippen LogP contribution in [0.2, 0.25) is 5.02 Å². The maximum absolute atomic E-state index is 11.9. The molecule has 3 N–H and O–H groups in total. The van der Waals surface area contributed by atoms with Crippen LogP contribution in [0.5, 0.6) is 0 Å². The Morgan fingerprint density at radius 1 is 1.26 bits per heavy atom. The maximum Gasteiger partial charge on any atom is 0.315 e. The van der Waals surface area contributed by atoms with Gasteiger partial charge in [0.05, 0.1) is 29.4 Å². The summed E-state index contributed by atoms with van der Waals surface area (Å²) in [7, 11) is 0. The fourth-order valence-corrected chi connectivity index (χ4v) is 2.18. The molecule has 2 amide bonds. The van der Waals surface area contributed by atoms with Gasteiger partial charge in [0.15, 0.2) is 0 Å². The first kappa shape index (κ1) is 17.2. The molecule has 122 valence electrons. The Balaban J connectivity index is 1.76. The minimum atomic E-state index is -0.656. The Hall–Kier alpha value is -2.11. The Bertz CT molecular complexity index is 619. The molecule has 0 aliphatic heterocycles. The van der Waals surface area contributed by atoms with Gasteiger partial charge in [-0.25, -0.2) is 4.79 Å². The summed E-state index contributed by atoms with van der Waals surface area (Å²) in [6.07, 6.45) is 1.36. The zero-order valence-electron chi connectivity index (χ0n) is 12.9. The summed E-state index contributed by atoms with van der Waals surface area (Å²) >= 11 is 5.75. The minimum absolute atomic E-state index is 0.296. The highest BCUT2D eigenvalue weighted by Crippen LogP contribution is 2.07. The van der Waals surface area contributed by atoms with Gasteiger partial charge in [-0.05, 0) is 24.6 Å². The predicted molar refractivity (Wildman–Crippen MR) is 90.2 cm³/mol. The molecule has 5 nitrogen and oxygen atoms in total. The SMILES string of the molecule is CC(NC(=O)NCc1ccc(Cl)cn1)C(O)Cc1ccccc1. The number of nitrogens with one attached hydrogen (secondary N) is 2. The van der Waals surface area contributed by atoms with Crippen molar-refractivity contribution in [2.24, 2.45) is 0 Å². The number of carbonyl (C=O) groups excluding carboxylic acids is 1. The number of benzene rings is 1. The van der Waals surface area contributed by atoms with E-state index in [0.29, 0.717) is 23.7 Å². The van der Waals surface area contributed by atoms with E-state index in [1.165, 1.54) is 6.20 Å². The van der Waals surface area contributed by atoms with Gasteiger partial charge >= 0.3 is 6.03 Å². The van der Waals surface area contributed by atoms with Crippen molar-refractivity contribution >= 4 is 17.6 Å². The monoisotopic (exact) mass is 333 g/mol. The van der Waals surface area contributed by atoms with Crippen molar-refractivity contribution in [1.82, 2.24) is 15.6 Å². The number of hydrogen-bond donors (Lipinski definition) is 3. The number of rotatable bonds is 6. The highest BCUT2D eigenvalue weighted by atomic mass is 35.5. The summed E-state index contributed by atoms with van der Waals surface area (Å²) in [5.74, 6) is 0. The highest BCUT2D eigenvalue weighted by molar-refractivity contribution is 6.30. The molecule has 2 rings (SSSR count). The van der Waals surface area contributed by atoms with Crippen molar-refractivity contribution in [2.75, 3.05) is 0 Å². The highest BCUT2D eigenvalue weighted by Gasteiger charge is 2.16. The molecular weight excluding hydrogens is 314 g/mol. The van der Waals surface area contributed by atoms with Gasteiger partial charge in [0, 0.05) is 12.6 Å². The second kappa shape index (κ2) is 8.50. The van der Waals surface area contributed by atoms with Crippen LogP contribution < -0.4 is 10.6 Å². The molecule has 0 aliphatic carbocycles. The number of amides is 2. The van der Waals surface area contributed by atoms with E-state index in [9.17, 15) is 9.90 Å². The van der Waals surface area contributed by atoms with Crippen LogP contribution in [0.3, 0.4) is 0 Å². The van der Waals surface area contributed by atoms with Gasteiger partial charge in [-0.15, -0.1) is 0 Å². The van der Waals surface area contributed by atoms with E-state index in [4.69, 9.17) is 11.6 Å². The number of aromatic nitrogens is 1. The Kier molecular flexibility index (Phi) is 6.38. The smallest absolute Gasteiger partial charge is 0.315 e. The quantitative estimate of drug-likeness (QED) is 0.760. The molecule has 23 heavy (non-hydrogen) atoms. The zero-order chi connectivity index (χ0) is 16.7. The number of pyridine rings is 1. The average molecular weight is 334 g/mol. The predicted octanol–water partition coefficient (Wildman–Crippen LogP) is 2.53. The fraction of sp³-hybridized carbons (Fsp3) is 0.294. The first-order valence-corrected chi connectivity index (χ1v) is 7.79. The second-order valence-electron chi connectivity index (χ2n) is 5.34. The number of urea groups is 1. The maximum atomic E-state index is 11.9. The van der Waals surface area contributed by atoms with E-state index in [1.54, 1.807) is 19.1 Å². The van der Waals surface area contributed by atoms with Crippen LogP contribution in [0.25, 0.3) is 0 Å². The van der Waals surface area contributed by atoms with Crippen LogP contribution >= 0.6 is 11.6 Å². The summed E-state index contributed by atoms with van der Waals surface area (Å²) in [6.45, 7) is 2.07. The molecule has 0 bridgehead atoms. The molecular formula is C17H20ClN3O2. The van der Waals surface area contributed by atoms with Gasteiger partial charge in [-0.3, -0.25) is 4.98 Å². The zero-order valence-corrected chi connectivity index (χ0v) is 13.6. The lowest BCUT2D eigenvalue weighted by Crippen LogP contribution is -2.46. The first-order chi connectivity index (χ1) is 11.0. The van der Waals surface area contributed by atoms with E-state index < -0.39 is 6.10 Å². The van der Waals surface area contributed by atoms with E-state index in [0.717, 1.165) is 5.56 Å². The molecule has 1 heterocycles. The Morgan fingerprint density at radius 3 is 2.65 bits per heavy atom. The van der Waals surface area contributed by atoms with E-state index in [2.05, 4.69) is 15.6 Å².